The van der Waals surface area contributed by atoms with Gasteiger partial charge in [0.15, 0.2) is 0 Å². The molecule has 3 aromatic rings. The second-order valence-electron chi connectivity index (χ2n) is 5.32. The van der Waals surface area contributed by atoms with Crippen molar-refractivity contribution in [3.63, 3.8) is 0 Å². The zero-order valence-corrected chi connectivity index (χ0v) is 14.6. The molecule has 0 saturated carbocycles. The number of halogens is 2. The van der Waals surface area contributed by atoms with Crippen molar-refractivity contribution < 1.29 is 9.18 Å². The molecule has 0 unspecified atom stereocenters. The van der Waals surface area contributed by atoms with E-state index in [2.05, 4.69) is 20.9 Å². The van der Waals surface area contributed by atoms with E-state index in [1.165, 1.54) is 12.1 Å². The maximum Gasteiger partial charge on any atom is 0.243 e. The molecule has 0 atom stereocenters. The summed E-state index contributed by atoms with van der Waals surface area (Å²) in [5.74, 6) is -0.473. The molecule has 3 rings (SSSR count). The van der Waals surface area contributed by atoms with Gasteiger partial charge in [-0.2, -0.15) is 0 Å². The maximum atomic E-state index is 13.0. The molecule has 0 aliphatic heterocycles. The van der Waals surface area contributed by atoms with Gasteiger partial charge in [-0.1, -0.05) is 12.1 Å². The van der Waals surface area contributed by atoms with E-state index < -0.39 is 0 Å². The molecule has 0 fully saturated rings. The lowest BCUT2D eigenvalue weighted by atomic mass is 10.2. The molecule has 0 saturated heterocycles. The molecule has 134 valence electrons. The Hall–Kier alpha value is -3.12. The summed E-state index contributed by atoms with van der Waals surface area (Å²) < 4.78 is 13.0. The molecular formula is C19H18ClFN4O. The van der Waals surface area contributed by atoms with Crippen molar-refractivity contribution in [1.82, 2.24) is 4.98 Å². The van der Waals surface area contributed by atoms with Crippen LogP contribution >= 0.6 is 12.4 Å². The fraction of sp³-hybridized carbons (Fsp3) is 0.0526. The molecule has 5 nitrogen and oxygen atoms in total. The van der Waals surface area contributed by atoms with Crippen LogP contribution in [0.5, 0.6) is 0 Å². The Morgan fingerprint density at radius 3 is 2.23 bits per heavy atom. The largest absolute Gasteiger partial charge is 0.376 e. The Bertz CT molecular complexity index is 844. The fourth-order valence-corrected chi connectivity index (χ4v) is 2.24. The number of aromatic nitrogens is 1. The number of benzene rings is 2. The summed E-state index contributed by atoms with van der Waals surface area (Å²) in [6, 6.07) is 16.9. The van der Waals surface area contributed by atoms with Gasteiger partial charge in [-0.3, -0.25) is 9.78 Å². The summed E-state index contributed by atoms with van der Waals surface area (Å²) in [6.07, 6.45) is 3.31. The van der Waals surface area contributed by atoms with Crippen molar-refractivity contribution in [2.24, 2.45) is 0 Å². The van der Waals surface area contributed by atoms with Gasteiger partial charge in [-0.05, 0) is 48.5 Å². The predicted molar refractivity (Wildman–Crippen MR) is 105 cm³/mol. The minimum atomic E-state index is -0.297. The van der Waals surface area contributed by atoms with Crippen molar-refractivity contribution in [1.29, 1.82) is 0 Å². The van der Waals surface area contributed by atoms with E-state index in [9.17, 15) is 9.18 Å². The van der Waals surface area contributed by atoms with E-state index in [1.807, 2.05) is 18.2 Å². The zero-order valence-electron chi connectivity index (χ0n) is 13.8. The van der Waals surface area contributed by atoms with Crippen molar-refractivity contribution in [3.8, 4) is 0 Å². The number of pyridine rings is 1. The lowest BCUT2D eigenvalue weighted by Gasteiger charge is -2.13. The highest BCUT2D eigenvalue weighted by Crippen LogP contribution is 2.25. The summed E-state index contributed by atoms with van der Waals surface area (Å²) >= 11 is 0. The molecule has 1 amide bonds. The topological polar surface area (TPSA) is 66.0 Å². The summed E-state index contributed by atoms with van der Waals surface area (Å²) in [7, 11) is 0. The maximum absolute atomic E-state index is 13.0. The molecule has 0 radical (unpaired) electrons. The number of hydrogen-bond donors (Lipinski definition) is 3. The van der Waals surface area contributed by atoms with E-state index >= 15 is 0 Å². The van der Waals surface area contributed by atoms with Gasteiger partial charge in [0.1, 0.15) is 5.82 Å². The molecule has 26 heavy (non-hydrogen) atoms. The van der Waals surface area contributed by atoms with Gasteiger partial charge in [0, 0.05) is 23.8 Å². The van der Waals surface area contributed by atoms with Gasteiger partial charge in [0.25, 0.3) is 0 Å². The number of anilines is 4. The minimum absolute atomic E-state index is 0. The fourth-order valence-electron chi connectivity index (χ4n) is 2.24. The summed E-state index contributed by atoms with van der Waals surface area (Å²) in [6.45, 7) is 0.134. The van der Waals surface area contributed by atoms with Crippen LogP contribution in [0.4, 0.5) is 27.1 Å². The first kappa shape index (κ1) is 19.2. The van der Waals surface area contributed by atoms with Crippen molar-refractivity contribution >= 4 is 41.1 Å². The molecule has 3 N–H and O–H groups in total. The highest BCUT2D eigenvalue weighted by Gasteiger charge is 2.07. The number of rotatable bonds is 6. The Morgan fingerprint density at radius 2 is 1.54 bits per heavy atom. The van der Waals surface area contributed by atoms with E-state index in [4.69, 9.17) is 0 Å². The van der Waals surface area contributed by atoms with E-state index in [-0.39, 0.29) is 30.7 Å². The first-order valence-corrected chi connectivity index (χ1v) is 7.76. The first-order chi connectivity index (χ1) is 12.2. The van der Waals surface area contributed by atoms with E-state index in [0.717, 1.165) is 17.1 Å². The van der Waals surface area contributed by atoms with Crippen LogP contribution in [0.1, 0.15) is 0 Å². The molecule has 1 aromatic heterocycles. The van der Waals surface area contributed by atoms with Gasteiger partial charge < -0.3 is 16.0 Å². The van der Waals surface area contributed by atoms with Crippen LogP contribution in [0.3, 0.4) is 0 Å². The summed E-state index contributed by atoms with van der Waals surface area (Å²) in [4.78, 5) is 16.1. The van der Waals surface area contributed by atoms with Gasteiger partial charge >= 0.3 is 0 Å². The number of nitrogens with zero attached hydrogens (tertiary/aromatic N) is 1. The lowest BCUT2D eigenvalue weighted by Crippen LogP contribution is -2.22. The van der Waals surface area contributed by atoms with Gasteiger partial charge in [0.05, 0.1) is 17.9 Å². The van der Waals surface area contributed by atoms with Crippen LogP contribution in [0.25, 0.3) is 0 Å². The lowest BCUT2D eigenvalue weighted by molar-refractivity contribution is -0.114. The minimum Gasteiger partial charge on any atom is -0.376 e. The quantitative estimate of drug-likeness (QED) is 0.598. The number of amides is 1. The zero-order chi connectivity index (χ0) is 17.5. The average molecular weight is 373 g/mol. The smallest absolute Gasteiger partial charge is 0.243 e. The molecule has 2 aromatic carbocycles. The molecule has 1 heterocycles. The highest BCUT2D eigenvalue weighted by molar-refractivity contribution is 5.97. The van der Waals surface area contributed by atoms with Crippen molar-refractivity contribution in [3.05, 3.63) is 78.9 Å². The number of hydrogen-bond acceptors (Lipinski definition) is 4. The second-order valence-corrected chi connectivity index (χ2v) is 5.32. The van der Waals surface area contributed by atoms with Gasteiger partial charge in [-0.15, -0.1) is 12.4 Å². The Kier molecular flexibility index (Phi) is 6.93. The Labute approximate surface area is 157 Å². The SMILES string of the molecule is Cl.O=C(CNc1ccncc1)Nc1ccccc1Nc1ccc(F)cc1. The van der Waals surface area contributed by atoms with Crippen LogP contribution in [0.15, 0.2) is 73.1 Å². The summed E-state index contributed by atoms with van der Waals surface area (Å²) in [5.41, 5.74) is 2.93. The standard InChI is InChI=1S/C19H17FN4O.ClH/c20-14-5-7-16(8-6-14)23-17-3-1-2-4-18(17)24-19(25)13-22-15-9-11-21-12-10-15;/h1-12,23H,13H2,(H,21,22)(H,24,25);1H. The van der Waals surface area contributed by atoms with Crippen molar-refractivity contribution in [2.45, 2.75) is 0 Å². The number of nitrogens with one attached hydrogen (secondary N) is 3. The molecule has 0 aliphatic carbocycles. The number of carbonyl (C=O) groups is 1. The molecule has 0 spiro atoms. The second kappa shape index (κ2) is 9.39. The Morgan fingerprint density at radius 1 is 0.885 bits per heavy atom. The van der Waals surface area contributed by atoms with E-state index in [0.29, 0.717) is 5.69 Å². The van der Waals surface area contributed by atoms with E-state index in [1.54, 1.807) is 42.7 Å². The van der Waals surface area contributed by atoms with Crippen molar-refractivity contribution in [2.75, 3.05) is 22.5 Å². The van der Waals surface area contributed by atoms with Crippen LogP contribution in [0.2, 0.25) is 0 Å². The van der Waals surface area contributed by atoms with Crippen LogP contribution in [-0.2, 0) is 4.79 Å². The van der Waals surface area contributed by atoms with Crippen LogP contribution in [-0.4, -0.2) is 17.4 Å². The summed E-state index contributed by atoms with van der Waals surface area (Å²) in [5, 5.41) is 9.05. The average Bonchev–Trinajstić information content (AvgIpc) is 2.64. The third kappa shape index (κ3) is 5.46. The normalized spacial score (nSPS) is 9.73. The molecule has 0 bridgehead atoms. The Balaban J connectivity index is 0.00000243. The predicted octanol–water partition coefficient (Wildman–Crippen LogP) is 4.44. The van der Waals surface area contributed by atoms with Gasteiger partial charge in [0.2, 0.25) is 5.91 Å². The highest BCUT2D eigenvalue weighted by atomic mass is 35.5. The third-order valence-corrected chi connectivity index (χ3v) is 3.46. The monoisotopic (exact) mass is 372 g/mol. The third-order valence-electron chi connectivity index (χ3n) is 3.46. The number of para-hydroxylation sites is 2. The molecular weight excluding hydrogens is 355 g/mol. The van der Waals surface area contributed by atoms with Gasteiger partial charge in [-0.25, -0.2) is 4.39 Å². The van der Waals surface area contributed by atoms with Crippen LogP contribution < -0.4 is 16.0 Å². The first-order valence-electron chi connectivity index (χ1n) is 7.76. The molecule has 0 aliphatic rings. The number of carbonyl (C=O) groups excluding carboxylic acids is 1. The molecule has 7 heteroatoms. The van der Waals surface area contributed by atoms with Crippen LogP contribution in [0, 0.1) is 5.82 Å².